The zero-order valence-corrected chi connectivity index (χ0v) is 12.2. The molecule has 0 unspecified atom stereocenters. The summed E-state index contributed by atoms with van der Waals surface area (Å²) in [6.45, 7) is 0.822. The molecule has 2 rings (SSSR count). The average Bonchev–Trinajstić information content (AvgIpc) is 2.42. The molecule has 2 nitrogen and oxygen atoms in total. The quantitative estimate of drug-likeness (QED) is 0.531. The van der Waals surface area contributed by atoms with Crippen molar-refractivity contribution in [2.45, 2.75) is 82.5 Å². The van der Waals surface area contributed by atoms with Gasteiger partial charge in [0.25, 0.3) is 0 Å². The van der Waals surface area contributed by atoms with Crippen LogP contribution in [0.1, 0.15) is 64.2 Å². The van der Waals surface area contributed by atoms with Crippen LogP contribution in [0.15, 0.2) is 0 Å². The fraction of sp³-hybridized carbons (Fsp3) is 1.00. The van der Waals surface area contributed by atoms with Gasteiger partial charge in [0.05, 0.1) is 18.3 Å². The van der Waals surface area contributed by atoms with Crippen LogP contribution in [-0.4, -0.2) is 30.8 Å². The molecule has 2 fully saturated rings. The number of alkyl halides is 1. The summed E-state index contributed by atoms with van der Waals surface area (Å²) in [6, 6.07) is 0. The summed E-state index contributed by atoms with van der Waals surface area (Å²) in [5.41, 5.74) is 0. The molecule has 0 aromatic carbocycles. The molecule has 0 atom stereocenters. The highest BCUT2D eigenvalue weighted by atomic mass is 35.5. The molecule has 0 saturated heterocycles. The Kier molecular flexibility index (Phi) is 6.82. The summed E-state index contributed by atoms with van der Waals surface area (Å²) in [5.74, 6) is 0.708. The minimum absolute atomic E-state index is 0.458. The van der Waals surface area contributed by atoms with Gasteiger partial charge in [0, 0.05) is 12.5 Å². The lowest BCUT2D eigenvalue weighted by Gasteiger charge is -2.32. The maximum Gasteiger partial charge on any atom is 0.0580 e. The smallest absolute Gasteiger partial charge is 0.0580 e. The molecule has 0 aromatic rings. The Morgan fingerprint density at radius 1 is 0.778 bits per heavy atom. The second kappa shape index (κ2) is 8.39. The number of ether oxygens (including phenoxy) is 2. The Morgan fingerprint density at radius 3 is 2.06 bits per heavy atom. The topological polar surface area (TPSA) is 18.5 Å². The van der Waals surface area contributed by atoms with Gasteiger partial charge in [0.2, 0.25) is 0 Å². The standard InChI is InChI=1S/C15H27ClO2/c16-11-4-12-17-13-7-9-15(10-8-13)18-14-5-2-1-3-6-14/h13-15H,1-12H2. The van der Waals surface area contributed by atoms with E-state index >= 15 is 0 Å². The molecule has 3 heteroatoms. The van der Waals surface area contributed by atoms with Crippen LogP contribution in [0.25, 0.3) is 0 Å². The molecule has 0 heterocycles. The van der Waals surface area contributed by atoms with Crippen LogP contribution in [0, 0.1) is 0 Å². The summed E-state index contributed by atoms with van der Waals surface area (Å²) >= 11 is 5.65. The summed E-state index contributed by atoms with van der Waals surface area (Å²) in [6.07, 6.45) is 13.9. The van der Waals surface area contributed by atoms with Gasteiger partial charge in [-0.3, -0.25) is 0 Å². The zero-order valence-electron chi connectivity index (χ0n) is 11.4. The van der Waals surface area contributed by atoms with E-state index in [1.54, 1.807) is 0 Å². The Balaban J connectivity index is 1.57. The third kappa shape index (κ3) is 5.07. The molecule has 0 bridgehead atoms. The number of hydrogen-bond acceptors (Lipinski definition) is 2. The monoisotopic (exact) mass is 274 g/mol. The predicted octanol–water partition coefficient (Wildman–Crippen LogP) is 4.29. The lowest BCUT2D eigenvalue weighted by atomic mass is 9.93. The summed E-state index contributed by atoms with van der Waals surface area (Å²) in [5, 5.41) is 0. The van der Waals surface area contributed by atoms with Gasteiger partial charge in [-0.15, -0.1) is 11.6 Å². The average molecular weight is 275 g/mol. The van der Waals surface area contributed by atoms with Crippen molar-refractivity contribution >= 4 is 11.6 Å². The largest absolute Gasteiger partial charge is 0.378 e. The van der Waals surface area contributed by atoms with Crippen molar-refractivity contribution in [3.63, 3.8) is 0 Å². The minimum Gasteiger partial charge on any atom is -0.378 e. The van der Waals surface area contributed by atoms with Gasteiger partial charge in [-0.05, 0) is 44.9 Å². The summed E-state index contributed by atoms with van der Waals surface area (Å²) in [4.78, 5) is 0. The maximum atomic E-state index is 6.23. The van der Waals surface area contributed by atoms with Crippen molar-refractivity contribution in [3.8, 4) is 0 Å². The fourth-order valence-electron chi connectivity index (χ4n) is 3.11. The van der Waals surface area contributed by atoms with Gasteiger partial charge in [0.15, 0.2) is 0 Å². The molecule has 2 saturated carbocycles. The van der Waals surface area contributed by atoms with Crippen molar-refractivity contribution < 1.29 is 9.47 Å². The first-order valence-electron chi connectivity index (χ1n) is 7.71. The highest BCUT2D eigenvalue weighted by Crippen LogP contribution is 2.28. The molecule has 2 aliphatic rings. The van der Waals surface area contributed by atoms with Gasteiger partial charge in [-0.25, -0.2) is 0 Å². The molecule has 2 aliphatic carbocycles. The van der Waals surface area contributed by atoms with Crippen LogP contribution < -0.4 is 0 Å². The second-order valence-corrected chi connectivity index (χ2v) is 6.09. The van der Waals surface area contributed by atoms with Crippen molar-refractivity contribution in [1.29, 1.82) is 0 Å². The van der Waals surface area contributed by atoms with E-state index in [2.05, 4.69) is 0 Å². The number of halogens is 1. The molecule has 0 radical (unpaired) electrons. The van der Waals surface area contributed by atoms with E-state index < -0.39 is 0 Å². The molecule has 0 aromatic heterocycles. The van der Waals surface area contributed by atoms with Crippen LogP contribution in [0.4, 0.5) is 0 Å². The van der Waals surface area contributed by atoms with E-state index in [0.29, 0.717) is 24.2 Å². The molecule has 0 aliphatic heterocycles. The normalized spacial score (nSPS) is 30.5. The Morgan fingerprint density at radius 2 is 1.39 bits per heavy atom. The molecule has 0 N–H and O–H groups in total. The minimum atomic E-state index is 0.458. The molecule has 0 amide bonds. The molecule has 0 spiro atoms. The fourth-order valence-corrected chi connectivity index (χ4v) is 3.22. The van der Waals surface area contributed by atoms with Crippen LogP contribution in [0.2, 0.25) is 0 Å². The Bertz CT molecular complexity index is 209. The van der Waals surface area contributed by atoms with E-state index in [0.717, 1.165) is 13.0 Å². The van der Waals surface area contributed by atoms with E-state index in [1.165, 1.54) is 57.8 Å². The molecule has 18 heavy (non-hydrogen) atoms. The lowest BCUT2D eigenvalue weighted by Crippen LogP contribution is -2.30. The van der Waals surface area contributed by atoms with Gasteiger partial charge in [-0.2, -0.15) is 0 Å². The van der Waals surface area contributed by atoms with Crippen molar-refractivity contribution in [2.24, 2.45) is 0 Å². The predicted molar refractivity (Wildman–Crippen MR) is 75.3 cm³/mol. The van der Waals surface area contributed by atoms with Crippen LogP contribution in [0.3, 0.4) is 0 Å². The van der Waals surface area contributed by atoms with Gasteiger partial charge >= 0.3 is 0 Å². The summed E-state index contributed by atoms with van der Waals surface area (Å²) in [7, 11) is 0. The molecule has 106 valence electrons. The highest BCUT2D eigenvalue weighted by Gasteiger charge is 2.25. The van der Waals surface area contributed by atoms with E-state index in [1.807, 2.05) is 0 Å². The number of rotatable bonds is 6. The van der Waals surface area contributed by atoms with E-state index in [-0.39, 0.29) is 0 Å². The van der Waals surface area contributed by atoms with E-state index in [9.17, 15) is 0 Å². The third-order valence-electron chi connectivity index (χ3n) is 4.19. The van der Waals surface area contributed by atoms with Gasteiger partial charge in [0.1, 0.15) is 0 Å². The molecular weight excluding hydrogens is 248 g/mol. The summed E-state index contributed by atoms with van der Waals surface area (Å²) < 4.78 is 12.1. The maximum absolute atomic E-state index is 6.23. The first-order chi connectivity index (χ1) is 8.88. The third-order valence-corrected chi connectivity index (χ3v) is 4.46. The van der Waals surface area contributed by atoms with Crippen LogP contribution in [0.5, 0.6) is 0 Å². The first-order valence-corrected chi connectivity index (χ1v) is 8.25. The van der Waals surface area contributed by atoms with Gasteiger partial charge < -0.3 is 9.47 Å². The van der Waals surface area contributed by atoms with Crippen molar-refractivity contribution in [2.75, 3.05) is 12.5 Å². The zero-order chi connectivity index (χ0) is 12.6. The van der Waals surface area contributed by atoms with Gasteiger partial charge in [-0.1, -0.05) is 19.3 Å². The number of hydrogen-bond donors (Lipinski definition) is 0. The van der Waals surface area contributed by atoms with Crippen LogP contribution in [-0.2, 0) is 9.47 Å². The Labute approximate surface area is 116 Å². The molecular formula is C15H27ClO2. The Hall–Kier alpha value is 0.210. The SMILES string of the molecule is ClCCCOC1CCC(OC2CCCCC2)CC1. The first kappa shape index (κ1) is 14.6. The second-order valence-electron chi connectivity index (χ2n) is 5.71. The highest BCUT2D eigenvalue weighted by molar-refractivity contribution is 6.17. The van der Waals surface area contributed by atoms with Crippen molar-refractivity contribution in [1.82, 2.24) is 0 Å². The van der Waals surface area contributed by atoms with E-state index in [4.69, 9.17) is 21.1 Å². The lowest BCUT2D eigenvalue weighted by molar-refractivity contribution is -0.0713. The van der Waals surface area contributed by atoms with Crippen LogP contribution >= 0.6 is 11.6 Å². The van der Waals surface area contributed by atoms with Crippen molar-refractivity contribution in [3.05, 3.63) is 0 Å².